The fraction of sp³-hybridized carbons (Fsp3) is 0.478. The molecular weight excluding hydrogens is 421 g/mol. The average molecular weight is 448 g/mol. The number of halogens is 2. The first-order valence-electron chi connectivity index (χ1n) is 10.8. The van der Waals surface area contributed by atoms with E-state index >= 15 is 0 Å². The van der Waals surface area contributed by atoms with Gasteiger partial charge in [0.25, 0.3) is 11.8 Å². The summed E-state index contributed by atoms with van der Waals surface area (Å²) in [4.78, 5) is 28.3. The average Bonchev–Trinajstić information content (AvgIpc) is 3.36. The molecule has 1 N–H and O–H groups in total. The lowest BCUT2D eigenvalue weighted by Gasteiger charge is -2.24. The van der Waals surface area contributed by atoms with Crippen molar-refractivity contribution in [2.75, 3.05) is 13.2 Å². The first kappa shape index (κ1) is 21.8. The Morgan fingerprint density at radius 2 is 2.13 bits per heavy atom. The highest BCUT2D eigenvalue weighted by atomic mass is 35.5. The van der Waals surface area contributed by atoms with Gasteiger partial charge < -0.3 is 19.5 Å². The minimum Gasteiger partial charge on any atom is -0.373 e. The molecule has 3 heterocycles. The van der Waals surface area contributed by atoms with E-state index in [1.165, 1.54) is 12.1 Å². The highest BCUT2D eigenvalue weighted by molar-refractivity contribution is 6.31. The molecule has 166 valence electrons. The van der Waals surface area contributed by atoms with Crippen LogP contribution in [0, 0.1) is 5.82 Å². The molecule has 0 spiro atoms. The Morgan fingerprint density at radius 1 is 1.32 bits per heavy atom. The van der Waals surface area contributed by atoms with Crippen molar-refractivity contribution < 1.29 is 18.7 Å². The summed E-state index contributed by atoms with van der Waals surface area (Å²) in [6.07, 6.45) is 2.57. The van der Waals surface area contributed by atoms with E-state index in [1.54, 1.807) is 12.1 Å². The molecule has 4 rings (SSSR count). The highest BCUT2D eigenvalue weighted by Crippen LogP contribution is 2.29. The number of ether oxygens (including phenoxy) is 1. The second-order valence-electron chi connectivity index (χ2n) is 8.18. The van der Waals surface area contributed by atoms with Crippen LogP contribution in [-0.4, -0.2) is 40.5 Å². The van der Waals surface area contributed by atoms with Gasteiger partial charge in [-0.2, -0.15) is 0 Å². The van der Waals surface area contributed by atoms with Gasteiger partial charge in [0, 0.05) is 24.2 Å². The maximum atomic E-state index is 13.4. The number of nitrogens with zero attached hydrogens (tertiary/aromatic N) is 2. The molecule has 2 amide bonds. The number of benzene rings is 1. The summed E-state index contributed by atoms with van der Waals surface area (Å²) >= 11 is 6.21. The number of fused-ring (bicyclic) bond motifs is 1. The van der Waals surface area contributed by atoms with E-state index in [9.17, 15) is 14.0 Å². The Kier molecular flexibility index (Phi) is 6.34. The number of nitrogens with one attached hydrogen (secondary N) is 1. The van der Waals surface area contributed by atoms with Crippen LogP contribution in [0.4, 0.5) is 4.39 Å². The van der Waals surface area contributed by atoms with Crippen LogP contribution in [-0.2, 0) is 17.9 Å². The van der Waals surface area contributed by atoms with Gasteiger partial charge in [0.2, 0.25) is 0 Å². The molecule has 0 aliphatic carbocycles. The van der Waals surface area contributed by atoms with Crippen LogP contribution in [0.5, 0.6) is 0 Å². The lowest BCUT2D eigenvalue weighted by Crippen LogP contribution is -2.35. The lowest BCUT2D eigenvalue weighted by atomic mass is 10.0. The van der Waals surface area contributed by atoms with E-state index in [0.717, 1.165) is 19.4 Å². The molecule has 6 nitrogen and oxygen atoms in total. The zero-order chi connectivity index (χ0) is 22.1. The van der Waals surface area contributed by atoms with Gasteiger partial charge in [-0.05, 0) is 49.9 Å². The number of hydrogen-bond acceptors (Lipinski definition) is 3. The van der Waals surface area contributed by atoms with Crippen LogP contribution in [0.25, 0.3) is 0 Å². The fourth-order valence-corrected chi connectivity index (χ4v) is 4.80. The van der Waals surface area contributed by atoms with Gasteiger partial charge in [0.05, 0.1) is 30.5 Å². The Balaban J connectivity index is 1.63. The largest absolute Gasteiger partial charge is 0.373 e. The molecule has 0 saturated carbocycles. The third-order valence-electron chi connectivity index (χ3n) is 6.24. The topological polar surface area (TPSA) is 63.6 Å². The molecule has 2 atom stereocenters. The van der Waals surface area contributed by atoms with Crippen molar-refractivity contribution in [3.63, 3.8) is 0 Å². The molecule has 1 fully saturated rings. The van der Waals surface area contributed by atoms with Gasteiger partial charge in [-0.25, -0.2) is 4.39 Å². The van der Waals surface area contributed by atoms with E-state index in [2.05, 4.69) is 12.2 Å². The van der Waals surface area contributed by atoms with Gasteiger partial charge in [-0.1, -0.05) is 24.6 Å². The number of amides is 2. The number of hydrogen-bond donors (Lipinski definition) is 1. The van der Waals surface area contributed by atoms with Crippen LogP contribution < -0.4 is 5.32 Å². The second kappa shape index (κ2) is 9.01. The summed E-state index contributed by atoms with van der Waals surface area (Å²) in [5, 5.41) is 3.27. The van der Waals surface area contributed by atoms with Crippen LogP contribution in [0.15, 0.2) is 24.3 Å². The van der Waals surface area contributed by atoms with E-state index < -0.39 is 5.82 Å². The van der Waals surface area contributed by atoms with Crippen molar-refractivity contribution in [2.24, 2.45) is 0 Å². The quantitative estimate of drug-likeness (QED) is 0.742. The molecule has 1 aromatic carbocycles. The zero-order valence-electron chi connectivity index (χ0n) is 17.8. The lowest BCUT2D eigenvalue weighted by molar-refractivity contribution is 0.0683. The van der Waals surface area contributed by atoms with Gasteiger partial charge in [-0.15, -0.1) is 0 Å². The molecule has 8 heteroatoms. The third-order valence-corrected chi connectivity index (χ3v) is 6.56. The van der Waals surface area contributed by atoms with E-state index in [-0.39, 0.29) is 35.5 Å². The molecular formula is C23H27ClFN3O3. The predicted molar refractivity (Wildman–Crippen MR) is 116 cm³/mol. The molecule has 2 aromatic rings. The van der Waals surface area contributed by atoms with E-state index in [1.807, 2.05) is 16.4 Å². The minimum absolute atomic E-state index is 0.0409. The maximum absolute atomic E-state index is 13.4. The van der Waals surface area contributed by atoms with Crippen molar-refractivity contribution in [1.82, 2.24) is 14.8 Å². The van der Waals surface area contributed by atoms with Crippen LogP contribution in [0.1, 0.15) is 71.3 Å². The highest BCUT2D eigenvalue weighted by Gasteiger charge is 2.32. The second-order valence-corrected chi connectivity index (χ2v) is 8.59. The Morgan fingerprint density at radius 3 is 2.81 bits per heavy atom. The smallest absolute Gasteiger partial charge is 0.270 e. The van der Waals surface area contributed by atoms with Crippen molar-refractivity contribution in [3.05, 3.63) is 57.6 Å². The van der Waals surface area contributed by atoms with Gasteiger partial charge in [-0.3, -0.25) is 9.59 Å². The summed E-state index contributed by atoms with van der Waals surface area (Å²) in [5.74, 6) is -0.760. The van der Waals surface area contributed by atoms with Crippen LogP contribution in [0.3, 0.4) is 0 Å². The normalized spacial score (nSPS) is 19.2. The monoisotopic (exact) mass is 447 g/mol. The standard InChI is InChI=1S/C23H27ClFN3O3/c1-3-19(16-7-6-15(25)11-18(16)24)26-22(29)17-12-20(28-9-10-31-13-21(17)28)23(30)27-8-4-5-14(27)2/h6-7,11-12,14,19H,3-5,8-10,13H2,1-2H3,(H,26,29)/t14-,19+/m0/s1. The van der Waals surface area contributed by atoms with Crippen molar-refractivity contribution in [2.45, 2.75) is 58.3 Å². The summed E-state index contributed by atoms with van der Waals surface area (Å²) in [6.45, 7) is 6.03. The fourth-order valence-electron chi connectivity index (χ4n) is 4.50. The molecule has 1 saturated heterocycles. The summed E-state index contributed by atoms with van der Waals surface area (Å²) < 4.78 is 20.9. The Bertz CT molecular complexity index is 1010. The number of carbonyl (C=O) groups excluding carboxylic acids is 2. The minimum atomic E-state index is -0.423. The van der Waals surface area contributed by atoms with Crippen molar-refractivity contribution in [3.8, 4) is 0 Å². The molecule has 0 bridgehead atoms. The molecule has 2 aliphatic rings. The predicted octanol–water partition coefficient (Wildman–Crippen LogP) is 4.32. The van der Waals surface area contributed by atoms with E-state index in [0.29, 0.717) is 42.1 Å². The number of carbonyl (C=O) groups is 2. The first-order chi connectivity index (χ1) is 14.9. The number of likely N-dealkylation sites (tertiary alicyclic amines) is 1. The zero-order valence-corrected chi connectivity index (χ0v) is 18.5. The van der Waals surface area contributed by atoms with Crippen molar-refractivity contribution in [1.29, 1.82) is 0 Å². The van der Waals surface area contributed by atoms with Crippen LogP contribution in [0.2, 0.25) is 5.02 Å². The first-order valence-corrected chi connectivity index (χ1v) is 11.2. The molecule has 0 unspecified atom stereocenters. The van der Waals surface area contributed by atoms with Gasteiger partial charge >= 0.3 is 0 Å². The maximum Gasteiger partial charge on any atom is 0.270 e. The summed E-state index contributed by atoms with van der Waals surface area (Å²) in [5.41, 5.74) is 2.33. The Labute approximate surface area is 186 Å². The Hall–Kier alpha value is -2.38. The third kappa shape index (κ3) is 4.21. The number of rotatable bonds is 5. The SMILES string of the molecule is CC[C@@H](NC(=O)c1cc(C(=O)N2CCC[C@@H]2C)n2c1COCC2)c1ccc(F)cc1Cl. The number of aromatic nitrogens is 1. The van der Waals surface area contributed by atoms with Gasteiger partial charge in [0.1, 0.15) is 11.5 Å². The van der Waals surface area contributed by atoms with Crippen molar-refractivity contribution >= 4 is 23.4 Å². The summed E-state index contributed by atoms with van der Waals surface area (Å²) in [7, 11) is 0. The van der Waals surface area contributed by atoms with Crippen LogP contribution >= 0.6 is 11.6 Å². The molecule has 1 aromatic heterocycles. The summed E-state index contributed by atoms with van der Waals surface area (Å²) in [6, 6.07) is 5.67. The molecule has 31 heavy (non-hydrogen) atoms. The molecule has 2 aliphatic heterocycles. The molecule has 0 radical (unpaired) electrons. The van der Waals surface area contributed by atoms with E-state index in [4.69, 9.17) is 16.3 Å². The van der Waals surface area contributed by atoms with Gasteiger partial charge in [0.15, 0.2) is 0 Å².